The number of hydrogen-bond acceptors (Lipinski definition) is 3. The van der Waals surface area contributed by atoms with Crippen LogP contribution in [0.5, 0.6) is 0 Å². The average molecular weight is 259 g/mol. The molecule has 0 radical (unpaired) electrons. The van der Waals surface area contributed by atoms with Crippen molar-refractivity contribution in [3.63, 3.8) is 0 Å². The van der Waals surface area contributed by atoms with Crippen LogP contribution in [-0.2, 0) is 0 Å². The lowest BCUT2D eigenvalue weighted by molar-refractivity contribution is 0.102. The Morgan fingerprint density at radius 2 is 2.00 bits per heavy atom. The molecule has 2 aromatic rings. The molecule has 1 heterocycles. The van der Waals surface area contributed by atoms with Crippen molar-refractivity contribution in [1.82, 2.24) is 10.2 Å². The summed E-state index contributed by atoms with van der Waals surface area (Å²) < 4.78 is 13.0. The van der Waals surface area contributed by atoms with Crippen molar-refractivity contribution in [1.29, 1.82) is 0 Å². The Bertz CT molecular complexity index is 581. The number of nitrogens with one attached hydrogen (secondary N) is 1. The quantitative estimate of drug-likeness (QED) is 0.921. The van der Waals surface area contributed by atoms with Gasteiger partial charge in [0.1, 0.15) is 5.82 Å². The Labute approximate surface area is 110 Å². The number of rotatable bonds is 3. The first-order chi connectivity index (χ1) is 9.06. The zero-order valence-corrected chi connectivity index (χ0v) is 10.7. The molecule has 1 aromatic carbocycles. The van der Waals surface area contributed by atoms with Gasteiger partial charge in [-0.3, -0.25) is 4.79 Å². The number of anilines is 1. The molecule has 0 saturated heterocycles. The van der Waals surface area contributed by atoms with Crippen molar-refractivity contribution in [2.45, 2.75) is 19.8 Å². The third-order valence-electron chi connectivity index (χ3n) is 2.59. The topological polar surface area (TPSA) is 54.9 Å². The molecule has 5 heteroatoms. The second-order valence-corrected chi connectivity index (χ2v) is 4.46. The maximum atomic E-state index is 13.0. The summed E-state index contributed by atoms with van der Waals surface area (Å²) in [5.41, 5.74) is 1.41. The van der Waals surface area contributed by atoms with Gasteiger partial charge < -0.3 is 5.32 Å². The fourth-order valence-electron chi connectivity index (χ4n) is 1.53. The summed E-state index contributed by atoms with van der Waals surface area (Å²) in [5.74, 6) is -0.555. The van der Waals surface area contributed by atoms with Gasteiger partial charge in [-0.2, -0.15) is 5.10 Å². The summed E-state index contributed by atoms with van der Waals surface area (Å²) in [4.78, 5) is 11.9. The first kappa shape index (κ1) is 13.1. The maximum absolute atomic E-state index is 13.0. The number of hydrogen-bond donors (Lipinski definition) is 1. The molecule has 4 nitrogen and oxygen atoms in total. The van der Waals surface area contributed by atoms with E-state index < -0.39 is 11.7 Å². The summed E-state index contributed by atoms with van der Waals surface area (Å²) >= 11 is 0. The van der Waals surface area contributed by atoms with Crippen LogP contribution in [0.15, 0.2) is 36.4 Å². The molecule has 1 amide bonds. The molecule has 0 bridgehead atoms. The number of amides is 1. The van der Waals surface area contributed by atoms with Crippen molar-refractivity contribution < 1.29 is 9.18 Å². The summed E-state index contributed by atoms with van der Waals surface area (Å²) in [6, 6.07) is 9.06. The Balaban J connectivity index is 2.11. The Hall–Kier alpha value is -2.30. The highest BCUT2D eigenvalue weighted by atomic mass is 19.1. The molecule has 0 fully saturated rings. The number of carbonyl (C=O) groups is 1. The van der Waals surface area contributed by atoms with Gasteiger partial charge in [-0.05, 0) is 36.2 Å². The Morgan fingerprint density at radius 3 is 2.58 bits per heavy atom. The highest BCUT2D eigenvalue weighted by Gasteiger charge is 2.10. The van der Waals surface area contributed by atoms with Crippen molar-refractivity contribution in [3.05, 3.63) is 53.6 Å². The van der Waals surface area contributed by atoms with Crippen LogP contribution in [0.2, 0.25) is 0 Å². The molecule has 0 aliphatic carbocycles. The highest BCUT2D eigenvalue weighted by Crippen LogP contribution is 2.12. The summed E-state index contributed by atoms with van der Waals surface area (Å²) in [7, 11) is 0. The van der Waals surface area contributed by atoms with Gasteiger partial charge in [0.15, 0.2) is 5.69 Å². The van der Waals surface area contributed by atoms with Gasteiger partial charge in [0.2, 0.25) is 0 Å². The van der Waals surface area contributed by atoms with E-state index in [0.717, 1.165) is 5.69 Å². The van der Waals surface area contributed by atoms with Gasteiger partial charge in [-0.25, -0.2) is 4.39 Å². The summed E-state index contributed by atoms with van der Waals surface area (Å²) in [6.07, 6.45) is 0. The van der Waals surface area contributed by atoms with Crippen LogP contribution in [0.4, 0.5) is 10.1 Å². The van der Waals surface area contributed by atoms with E-state index in [1.807, 2.05) is 13.8 Å². The fraction of sp³-hybridized carbons (Fsp3) is 0.214. The summed E-state index contributed by atoms with van der Waals surface area (Å²) in [6.45, 7) is 3.99. The SMILES string of the molecule is CC(C)c1ccc(C(=O)Nc2cccc(F)c2)nn1. The molecule has 98 valence electrons. The minimum atomic E-state index is -0.409. The van der Waals surface area contributed by atoms with E-state index in [0.29, 0.717) is 5.69 Å². The fourth-order valence-corrected chi connectivity index (χ4v) is 1.53. The lowest BCUT2D eigenvalue weighted by Gasteiger charge is -2.06. The zero-order chi connectivity index (χ0) is 13.8. The molecule has 19 heavy (non-hydrogen) atoms. The van der Waals surface area contributed by atoms with E-state index in [1.165, 1.54) is 18.2 Å². The lowest BCUT2D eigenvalue weighted by atomic mass is 10.1. The summed E-state index contributed by atoms with van der Waals surface area (Å²) in [5, 5.41) is 10.4. The molecule has 0 unspecified atom stereocenters. The predicted molar refractivity (Wildman–Crippen MR) is 70.5 cm³/mol. The smallest absolute Gasteiger partial charge is 0.276 e. The van der Waals surface area contributed by atoms with Crippen LogP contribution in [-0.4, -0.2) is 16.1 Å². The number of nitrogens with zero attached hydrogens (tertiary/aromatic N) is 2. The molecule has 0 aliphatic heterocycles. The van der Waals surface area contributed by atoms with Crippen LogP contribution in [0.25, 0.3) is 0 Å². The second-order valence-electron chi connectivity index (χ2n) is 4.46. The molecule has 2 rings (SSSR count). The van der Waals surface area contributed by atoms with Gasteiger partial charge >= 0.3 is 0 Å². The molecule has 1 aromatic heterocycles. The van der Waals surface area contributed by atoms with Gasteiger partial charge in [0.05, 0.1) is 5.69 Å². The molecule has 0 spiro atoms. The van der Waals surface area contributed by atoms with E-state index >= 15 is 0 Å². The van der Waals surface area contributed by atoms with Crippen LogP contribution in [0, 0.1) is 5.82 Å². The Morgan fingerprint density at radius 1 is 1.21 bits per heavy atom. The van der Waals surface area contributed by atoms with E-state index in [9.17, 15) is 9.18 Å². The molecule has 0 atom stereocenters. The number of aromatic nitrogens is 2. The Kier molecular flexibility index (Phi) is 3.85. The molecular formula is C14H14FN3O. The minimum Gasteiger partial charge on any atom is -0.320 e. The molecule has 0 aliphatic rings. The van der Waals surface area contributed by atoms with Crippen molar-refractivity contribution in [2.75, 3.05) is 5.32 Å². The number of carbonyl (C=O) groups excluding carboxylic acids is 1. The highest BCUT2D eigenvalue weighted by molar-refractivity contribution is 6.02. The van der Waals surface area contributed by atoms with E-state index in [1.54, 1.807) is 18.2 Å². The normalized spacial score (nSPS) is 10.5. The minimum absolute atomic E-state index is 0.202. The lowest BCUT2D eigenvalue weighted by Crippen LogP contribution is -2.15. The number of halogens is 1. The second kappa shape index (κ2) is 5.56. The molecule has 0 saturated carbocycles. The van der Waals surface area contributed by atoms with Crippen LogP contribution in [0.1, 0.15) is 35.9 Å². The first-order valence-electron chi connectivity index (χ1n) is 5.97. The monoisotopic (exact) mass is 259 g/mol. The van der Waals surface area contributed by atoms with Gasteiger partial charge in [0.25, 0.3) is 5.91 Å². The third kappa shape index (κ3) is 3.34. The van der Waals surface area contributed by atoms with E-state index in [-0.39, 0.29) is 11.6 Å². The van der Waals surface area contributed by atoms with Crippen LogP contribution >= 0.6 is 0 Å². The van der Waals surface area contributed by atoms with Gasteiger partial charge in [-0.1, -0.05) is 19.9 Å². The third-order valence-corrected chi connectivity index (χ3v) is 2.59. The van der Waals surface area contributed by atoms with Crippen molar-refractivity contribution in [2.24, 2.45) is 0 Å². The van der Waals surface area contributed by atoms with Gasteiger partial charge in [-0.15, -0.1) is 5.10 Å². The van der Waals surface area contributed by atoms with E-state index in [4.69, 9.17) is 0 Å². The standard InChI is InChI=1S/C14H14FN3O/c1-9(2)12-6-7-13(18-17-12)14(19)16-11-5-3-4-10(15)8-11/h3-9H,1-2H3,(H,16,19). The predicted octanol–water partition coefficient (Wildman–Crippen LogP) is 2.99. The van der Waals surface area contributed by atoms with Gasteiger partial charge in [0, 0.05) is 5.69 Å². The molecule has 1 N–H and O–H groups in total. The van der Waals surface area contributed by atoms with Crippen LogP contribution < -0.4 is 5.32 Å². The zero-order valence-electron chi connectivity index (χ0n) is 10.7. The largest absolute Gasteiger partial charge is 0.320 e. The van der Waals surface area contributed by atoms with Crippen molar-refractivity contribution in [3.8, 4) is 0 Å². The maximum Gasteiger partial charge on any atom is 0.276 e. The van der Waals surface area contributed by atoms with Crippen molar-refractivity contribution >= 4 is 11.6 Å². The molecular weight excluding hydrogens is 245 g/mol. The first-order valence-corrected chi connectivity index (χ1v) is 5.97. The van der Waals surface area contributed by atoms with E-state index in [2.05, 4.69) is 15.5 Å². The average Bonchev–Trinajstić information content (AvgIpc) is 2.39. The number of benzene rings is 1. The van der Waals surface area contributed by atoms with Crippen LogP contribution in [0.3, 0.4) is 0 Å².